The van der Waals surface area contributed by atoms with E-state index in [0.717, 1.165) is 12.1 Å². The van der Waals surface area contributed by atoms with Crippen molar-refractivity contribution in [2.45, 2.75) is 6.42 Å². The minimum atomic E-state index is -0.0452. The summed E-state index contributed by atoms with van der Waals surface area (Å²) >= 11 is 0. The van der Waals surface area contributed by atoms with E-state index in [9.17, 15) is 4.79 Å². The van der Waals surface area contributed by atoms with Gasteiger partial charge in [-0.2, -0.15) is 5.10 Å². The largest absolute Gasteiger partial charge is 0.352 e. The molecule has 0 aliphatic carbocycles. The molecule has 1 amide bonds. The number of carbonyl (C=O) groups excluding carboxylic acids is 1. The van der Waals surface area contributed by atoms with Gasteiger partial charge < -0.3 is 5.32 Å². The minimum absolute atomic E-state index is 0.0452. The van der Waals surface area contributed by atoms with Gasteiger partial charge in [0.25, 0.3) is 5.91 Å². The van der Waals surface area contributed by atoms with Crippen molar-refractivity contribution in [2.75, 3.05) is 6.54 Å². The molecule has 0 bridgehead atoms. The van der Waals surface area contributed by atoms with Gasteiger partial charge in [0.2, 0.25) is 0 Å². The highest BCUT2D eigenvalue weighted by atomic mass is 16.1. The van der Waals surface area contributed by atoms with Crippen molar-refractivity contribution in [3.63, 3.8) is 0 Å². The molecule has 0 unspecified atom stereocenters. The molecule has 2 rings (SSSR count). The zero-order valence-electron chi connectivity index (χ0n) is 8.81. The van der Waals surface area contributed by atoms with Crippen molar-refractivity contribution in [3.05, 3.63) is 53.9 Å². The number of rotatable bonds is 4. The molecular formula is C12H13N3O. The van der Waals surface area contributed by atoms with Gasteiger partial charge in [-0.1, -0.05) is 18.2 Å². The molecular weight excluding hydrogens is 202 g/mol. The number of nitrogens with one attached hydrogen (secondary N) is 2. The van der Waals surface area contributed by atoms with Crippen LogP contribution in [0.2, 0.25) is 0 Å². The number of hydrogen-bond donors (Lipinski definition) is 2. The lowest BCUT2D eigenvalue weighted by molar-refractivity contribution is 0.0954. The quantitative estimate of drug-likeness (QED) is 0.809. The van der Waals surface area contributed by atoms with E-state index in [1.807, 2.05) is 24.3 Å². The van der Waals surface area contributed by atoms with E-state index in [1.165, 1.54) is 0 Å². The number of benzene rings is 1. The summed E-state index contributed by atoms with van der Waals surface area (Å²) in [4.78, 5) is 11.6. The fourth-order valence-corrected chi connectivity index (χ4v) is 1.43. The Balaban J connectivity index is 1.81. The molecule has 0 radical (unpaired) electrons. The second-order valence-corrected chi connectivity index (χ2v) is 3.44. The Morgan fingerprint density at radius 2 is 2.06 bits per heavy atom. The highest BCUT2D eigenvalue weighted by Crippen LogP contribution is 1.98. The number of amides is 1. The summed E-state index contributed by atoms with van der Waals surface area (Å²) in [6.07, 6.45) is 2.51. The molecule has 2 N–H and O–H groups in total. The molecule has 1 aromatic carbocycles. The third-order valence-corrected chi connectivity index (χ3v) is 2.26. The van der Waals surface area contributed by atoms with E-state index in [4.69, 9.17) is 0 Å². The molecule has 4 heteroatoms. The van der Waals surface area contributed by atoms with Crippen LogP contribution in [0, 0.1) is 0 Å². The Morgan fingerprint density at radius 3 is 2.75 bits per heavy atom. The minimum Gasteiger partial charge on any atom is -0.352 e. The summed E-state index contributed by atoms with van der Waals surface area (Å²) in [5.74, 6) is -0.0452. The molecule has 0 aliphatic heterocycles. The average Bonchev–Trinajstić information content (AvgIpc) is 2.83. The van der Waals surface area contributed by atoms with Gasteiger partial charge in [0.15, 0.2) is 0 Å². The van der Waals surface area contributed by atoms with E-state index in [0.29, 0.717) is 12.1 Å². The third-order valence-electron chi connectivity index (χ3n) is 2.26. The van der Waals surface area contributed by atoms with Crippen LogP contribution in [0.3, 0.4) is 0 Å². The monoisotopic (exact) mass is 215 g/mol. The fourth-order valence-electron chi connectivity index (χ4n) is 1.43. The van der Waals surface area contributed by atoms with Crippen LogP contribution in [0.1, 0.15) is 16.1 Å². The summed E-state index contributed by atoms with van der Waals surface area (Å²) in [7, 11) is 0. The molecule has 0 spiro atoms. The number of nitrogens with zero attached hydrogens (tertiary/aromatic N) is 1. The molecule has 0 fully saturated rings. The summed E-state index contributed by atoms with van der Waals surface area (Å²) in [5, 5.41) is 9.59. The smallest absolute Gasteiger partial charge is 0.251 e. The Bertz CT molecular complexity index is 437. The van der Waals surface area contributed by atoms with Crippen LogP contribution < -0.4 is 5.32 Å². The van der Waals surface area contributed by atoms with Crippen molar-refractivity contribution in [1.29, 1.82) is 0 Å². The number of hydrogen-bond acceptors (Lipinski definition) is 2. The predicted molar refractivity (Wildman–Crippen MR) is 61.1 cm³/mol. The van der Waals surface area contributed by atoms with Crippen LogP contribution in [-0.2, 0) is 6.42 Å². The second-order valence-electron chi connectivity index (χ2n) is 3.44. The highest BCUT2D eigenvalue weighted by molar-refractivity contribution is 5.94. The van der Waals surface area contributed by atoms with Gasteiger partial charge in [0.1, 0.15) is 0 Å². The van der Waals surface area contributed by atoms with Gasteiger partial charge in [-0.05, 0) is 18.2 Å². The zero-order valence-corrected chi connectivity index (χ0v) is 8.81. The first-order chi connectivity index (χ1) is 7.86. The van der Waals surface area contributed by atoms with Crippen molar-refractivity contribution < 1.29 is 4.79 Å². The van der Waals surface area contributed by atoms with Crippen LogP contribution in [0.4, 0.5) is 0 Å². The SMILES string of the molecule is O=C(NCCc1cc[nH]n1)c1ccccc1. The zero-order chi connectivity index (χ0) is 11.2. The maximum absolute atomic E-state index is 11.6. The number of aromatic nitrogens is 2. The summed E-state index contributed by atoms with van der Waals surface area (Å²) in [6.45, 7) is 0.596. The van der Waals surface area contributed by atoms with Gasteiger partial charge in [0.05, 0.1) is 5.69 Å². The van der Waals surface area contributed by atoms with Crippen LogP contribution in [0.15, 0.2) is 42.6 Å². The molecule has 82 valence electrons. The van der Waals surface area contributed by atoms with Gasteiger partial charge in [-0.25, -0.2) is 0 Å². The van der Waals surface area contributed by atoms with E-state index >= 15 is 0 Å². The molecule has 0 saturated carbocycles. The Hall–Kier alpha value is -2.10. The third kappa shape index (κ3) is 2.70. The fraction of sp³-hybridized carbons (Fsp3) is 0.167. The lowest BCUT2D eigenvalue weighted by atomic mass is 10.2. The maximum atomic E-state index is 11.6. The molecule has 2 aromatic rings. The predicted octanol–water partition coefficient (Wildman–Crippen LogP) is 1.38. The van der Waals surface area contributed by atoms with Crippen molar-refractivity contribution in [3.8, 4) is 0 Å². The molecule has 4 nitrogen and oxygen atoms in total. The molecule has 1 aromatic heterocycles. The van der Waals surface area contributed by atoms with E-state index in [1.54, 1.807) is 18.3 Å². The summed E-state index contributed by atoms with van der Waals surface area (Å²) < 4.78 is 0. The molecule has 1 heterocycles. The van der Waals surface area contributed by atoms with Crippen molar-refractivity contribution in [1.82, 2.24) is 15.5 Å². The lowest BCUT2D eigenvalue weighted by Crippen LogP contribution is -2.25. The van der Waals surface area contributed by atoms with E-state index in [2.05, 4.69) is 15.5 Å². The van der Waals surface area contributed by atoms with Gasteiger partial charge in [-0.3, -0.25) is 9.89 Å². The summed E-state index contributed by atoms with van der Waals surface area (Å²) in [6, 6.07) is 11.1. The number of carbonyl (C=O) groups is 1. The average molecular weight is 215 g/mol. The van der Waals surface area contributed by atoms with Crippen LogP contribution in [0.5, 0.6) is 0 Å². The topological polar surface area (TPSA) is 57.8 Å². The first-order valence-electron chi connectivity index (χ1n) is 5.18. The Labute approximate surface area is 93.7 Å². The summed E-state index contributed by atoms with van der Waals surface area (Å²) in [5.41, 5.74) is 1.64. The highest BCUT2D eigenvalue weighted by Gasteiger charge is 2.03. The van der Waals surface area contributed by atoms with Crippen LogP contribution >= 0.6 is 0 Å². The lowest BCUT2D eigenvalue weighted by Gasteiger charge is -2.03. The Morgan fingerprint density at radius 1 is 1.25 bits per heavy atom. The second kappa shape index (κ2) is 5.11. The van der Waals surface area contributed by atoms with E-state index < -0.39 is 0 Å². The van der Waals surface area contributed by atoms with Gasteiger partial charge >= 0.3 is 0 Å². The van der Waals surface area contributed by atoms with Crippen LogP contribution in [0.25, 0.3) is 0 Å². The van der Waals surface area contributed by atoms with Crippen LogP contribution in [-0.4, -0.2) is 22.6 Å². The normalized spacial score (nSPS) is 10.0. The Kier molecular flexibility index (Phi) is 3.33. The molecule has 0 saturated heterocycles. The molecule has 0 aliphatic rings. The van der Waals surface area contributed by atoms with Crippen molar-refractivity contribution >= 4 is 5.91 Å². The standard InChI is InChI=1S/C12H13N3O/c16-12(10-4-2-1-3-5-10)13-8-6-11-7-9-14-15-11/h1-5,7,9H,6,8H2,(H,13,16)(H,14,15). The van der Waals surface area contributed by atoms with E-state index in [-0.39, 0.29) is 5.91 Å². The first-order valence-corrected chi connectivity index (χ1v) is 5.18. The van der Waals surface area contributed by atoms with Crippen molar-refractivity contribution in [2.24, 2.45) is 0 Å². The first kappa shape index (κ1) is 10.4. The molecule has 16 heavy (non-hydrogen) atoms. The van der Waals surface area contributed by atoms with Gasteiger partial charge in [0, 0.05) is 24.7 Å². The molecule has 0 atom stereocenters. The van der Waals surface area contributed by atoms with Gasteiger partial charge in [-0.15, -0.1) is 0 Å². The maximum Gasteiger partial charge on any atom is 0.251 e. The number of H-pyrrole nitrogens is 1. The number of aromatic amines is 1.